The van der Waals surface area contributed by atoms with Gasteiger partial charge in [0, 0.05) is 15.0 Å². The summed E-state index contributed by atoms with van der Waals surface area (Å²) in [7, 11) is 0. The van der Waals surface area contributed by atoms with Crippen LogP contribution in [0.2, 0.25) is 10.0 Å². The van der Waals surface area contributed by atoms with E-state index in [0.717, 1.165) is 14.5 Å². The lowest BCUT2D eigenvalue weighted by Gasteiger charge is -2.09. The van der Waals surface area contributed by atoms with E-state index in [1.807, 2.05) is 24.3 Å². The first-order valence-electron chi connectivity index (χ1n) is 5.08. The maximum Gasteiger partial charge on any atom is 0.139 e. The van der Waals surface area contributed by atoms with Crippen molar-refractivity contribution in [3.05, 3.63) is 61.0 Å². The average Bonchev–Trinajstić information content (AvgIpc) is 2.32. The van der Waals surface area contributed by atoms with Crippen LogP contribution in [0, 0.1) is 0 Å². The number of hydrogen-bond donors (Lipinski definition) is 0. The molecule has 0 bridgehead atoms. The second-order valence-corrected chi connectivity index (χ2v) is 6.20. The molecule has 0 spiro atoms. The molecule has 2 aromatic carbocycles. The van der Waals surface area contributed by atoms with Gasteiger partial charge in [-0.15, -0.1) is 0 Å². The minimum absolute atomic E-state index is 0.442. The number of hydrogen-bond acceptors (Lipinski definition) is 1. The minimum atomic E-state index is 0.442. The molecular formula is C13H8Br2Cl2O. The molecule has 0 saturated heterocycles. The molecule has 1 nitrogen and oxygen atoms in total. The summed E-state index contributed by atoms with van der Waals surface area (Å²) < 4.78 is 7.43. The molecule has 0 aromatic heterocycles. The van der Waals surface area contributed by atoms with Gasteiger partial charge in [-0.2, -0.15) is 0 Å². The third kappa shape index (κ3) is 3.64. The van der Waals surface area contributed by atoms with Gasteiger partial charge >= 0.3 is 0 Å². The molecule has 0 radical (unpaired) electrons. The van der Waals surface area contributed by atoms with Gasteiger partial charge in [-0.3, -0.25) is 0 Å². The average molecular weight is 411 g/mol. The quantitative estimate of drug-likeness (QED) is 0.556. The second kappa shape index (κ2) is 6.29. The fourth-order valence-electron chi connectivity index (χ4n) is 1.40. The maximum atomic E-state index is 6.08. The van der Waals surface area contributed by atoms with Crippen LogP contribution in [0.3, 0.4) is 0 Å². The maximum absolute atomic E-state index is 6.08. The van der Waals surface area contributed by atoms with E-state index < -0.39 is 0 Å². The zero-order valence-electron chi connectivity index (χ0n) is 9.09. The second-order valence-electron chi connectivity index (χ2n) is 3.62. The first kappa shape index (κ1) is 14.2. The molecule has 0 saturated carbocycles. The fraction of sp³-hybridized carbons (Fsp3) is 0.0769. The Morgan fingerprint density at radius 3 is 2.50 bits per heavy atom. The number of benzene rings is 2. The van der Waals surface area contributed by atoms with Crippen molar-refractivity contribution in [1.82, 2.24) is 0 Å². The molecule has 0 N–H and O–H groups in total. The van der Waals surface area contributed by atoms with E-state index >= 15 is 0 Å². The molecule has 0 heterocycles. The predicted molar refractivity (Wildman–Crippen MR) is 82.6 cm³/mol. The van der Waals surface area contributed by atoms with Crippen molar-refractivity contribution in [3.8, 4) is 5.75 Å². The van der Waals surface area contributed by atoms with Crippen LogP contribution >= 0.6 is 55.1 Å². The van der Waals surface area contributed by atoms with Crippen molar-refractivity contribution in [3.63, 3.8) is 0 Å². The zero-order chi connectivity index (χ0) is 13.1. The molecule has 5 heteroatoms. The van der Waals surface area contributed by atoms with E-state index in [-0.39, 0.29) is 0 Å². The van der Waals surface area contributed by atoms with Crippen molar-refractivity contribution >= 4 is 55.1 Å². The predicted octanol–water partition coefficient (Wildman–Crippen LogP) is 6.10. The van der Waals surface area contributed by atoms with Gasteiger partial charge < -0.3 is 4.74 Å². The lowest BCUT2D eigenvalue weighted by atomic mass is 10.2. The van der Waals surface area contributed by atoms with Gasteiger partial charge in [0.05, 0.1) is 10.0 Å². The summed E-state index contributed by atoms with van der Waals surface area (Å²) >= 11 is 18.8. The summed E-state index contributed by atoms with van der Waals surface area (Å²) in [5, 5.41) is 1.10. The summed E-state index contributed by atoms with van der Waals surface area (Å²) in [4.78, 5) is 0. The first-order valence-corrected chi connectivity index (χ1v) is 7.42. The molecule has 2 rings (SSSR count). The van der Waals surface area contributed by atoms with E-state index in [1.165, 1.54) is 0 Å². The lowest BCUT2D eigenvalue weighted by Crippen LogP contribution is -1.96. The highest BCUT2D eigenvalue weighted by molar-refractivity contribution is 9.10. The van der Waals surface area contributed by atoms with E-state index in [0.29, 0.717) is 22.4 Å². The Morgan fingerprint density at radius 1 is 1.00 bits per heavy atom. The Hall–Kier alpha value is -0.220. The molecule has 0 amide bonds. The molecular weight excluding hydrogens is 403 g/mol. The summed E-state index contributed by atoms with van der Waals surface area (Å²) in [6, 6.07) is 11.3. The molecule has 94 valence electrons. The Balaban J connectivity index is 2.13. The number of halogens is 4. The monoisotopic (exact) mass is 408 g/mol. The van der Waals surface area contributed by atoms with E-state index in [4.69, 9.17) is 27.9 Å². The summed E-state index contributed by atoms with van der Waals surface area (Å²) in [6.45, 7) is 0.442. The van der Waals surface area contributed by atoms with Crippen LogP contribution < -0.4 is 4.74 Å². The smallest absolute Gasteiger partial charge is 0.139 e. The van der Waals surface area contributed by atoms with Gasteiger partial charge in [0.15, 0.2) is 0 Å². The van der Waals surface area contributed by atoms with Gasteiger partial charge in [0.2, 0.25) is 0 Å². The Labute approximate surface area is 132 Å². The SMILES string of the molecule is Clc1cc(OCc2cccc(Br)c2)c(Cl)cc1Br. The molecule has 2 aromatic rings. The highest BCUT2D eigenvalue weighted by Gasteiger charge is 2.07. The normalized spacial score (nSPS) is 10.4. The van der Waals surface area contributed by atoms with Crippen LogP contribution in [0.4, 0.5) is 0 Å². The van der Waals surface area contributed by atoms with E-state index in [1.54, 1.807) is 12.1 Å². The Bertz CT molecular complexity index is 573. The van der Waals surface area contributed by atoms with Crippen molar-refractivity contribution in [2.45, 2.75) is 6.61 Å². The van der Waals surface area contributed by atoms with Gasteiger partial charge in [0.1, 0.15) is 12.4 Å². The topological polar surface area (TPSA) is 9.23 Å². The van der Waals surface area contributed by atoms with Crippen LogP contribution in [0.15, 0.2) is 45.3 Å². The standard InChI is InChI=1S/C13H8Br2Cl2O/c14-9-3-1-2-8(4-9)7-18-13-6-11(16)10(15)5-12(13)17/h1-6H,7H2. The summed E-state index contributed by atoms with van der Waals surface area (Å²) in [5.74, 6) is 0.574. The molecule has 0 aliphatic heterocycles. The number of ether oxygens (including phenoxy) is 1. The molecule has 0 aliphatic carbocycles. The Kier molecular flexibility index (Phi) is 4.96. The zero-order valence-corrected chi connectivity index (χ0v) is 13.8. The molecule has 18 heavy (non-hydrogen) atoms. The molecule has 0 unspecified atom stereocenters. The fourth-order valence-corrected chi connectivity index (χ4v) is 2.70. The van der Waals surface area contributed by atoms with E-state index in [2.05, 4.69) is 31.9 Å². The molecule has 0 atom stereocenters. The van der Waals surface area contributed by atoms with Crippen LogP contribution in [-0.4, -0.2) is 0 Å². The highest BCUT2D eigenvalue weighted by Crippen LogP contribution is 2.34. The van der Waals surface area contributed by atoms with Crippen LogP contribution in [-0.2, 0) is 6.61 Å². The highest BCUT2D eigenvalue weighted by atomic mass is 79.9. The van der Waals surface area contributed by atoms with Crippen LogP contribution in [0.25, 0.3) is 0 Å². The van der Waals surface area contributed by atoms with Gasteiger partial charge in [0.25, 0.3) is 0 Å². The molecule has 0 aliphatic rings. The third-order valence-corrected chi connectivity index (χ3v) is 4.24. The Morgan fingerprint density at radius 2 is 1.78 bits per heavy atom. The lowest BCUT2D eigenvalue weighted by molar-refractivity contribution is 0.306. The summed E-state index contributed by atoms with van der Waals surface area (Å²) in [5.41, 5.74) is 1.06. The van der Waals surface area contributed by atoms with Crippen molar-refractivity contribution in [1.29, 1.82) is 0 Å². The van der Waals surface area contributed by atoms with Gasteiger partial charge in [-0.05, 0) is 39.7 Å². The van der Waals surface area contributed by atoms with Crippen LogP contribution in [0.5, 0.6) is 5.75 Å². The third-order valence-electron chi connectivity index (χ3n) is 2.26. The minimum Gasteiger partial charge on any atom is -0.487 e. The van der Waals surface area contributed by atoms with Gasteiger partial charge in [-0.1, -0.05) is 51.3 Å². The number of rotatable bonds is 3. The van der Waals surface area contributed by atoms with E-state index in [9.17, 15) is 0 Å². The molecule has 0 fully saturated rings. The first-order chi connectivity index (χ1) is 8.56. The van der Waals surface area contributed by atoms with Crippen molar-refractivity contribution in [2.24, 2.45) is 0 Å². The van der Waals surface area contributed by atoms with Gasteiger partial charge in [-0.25, -0.2) is 0 Å². The van der Waals surface area contributed by atoms with Crippen LogP contribution in [0.1, 0.15) is 5.56 Å². The van der Waals surface area contributed by atoms with Crippen molar-refractivity contribution < 1.29 is 4.74 Å². The van der Waals surface area contributed by atoms with Crippen molar-refractivity contribution in [2.75, 3.05) is 0 Å². The largest absolute Gasteiger partial charge is 0.487 e. The summed E-state index contributed by atoms with van der Waals surface area (Å²) in [6.07, 6.45) is 0.